The summed E-state index contributed by atoms with van der Waals surface area (Å²) in [6, 6.07) is 9.11. The Balaban J connectivity index is 2.59. The average Bonchev–Trinajstić information content (AvgIpc) is 2.77. The molecule has 0 aromatic heterocycles. The minimum absolute atomic E-state index is 0.0873. The fourth-order valence-corrected chi connectivity index (χ4v) is 5.18. The highest BCUT2D eigenvalue weighted by Crippen LogP contribution is 2.32. The zero-order valence-corrected chi connectivity index (χ0v) is 24.6. The maximum absolute atomic E-state index is 13.9. The third kappa shape index (κ3) is 8.25. The zero-order chi connectivity index (χ0) is 28.1. The monoisotopic (exact) mass is 571 g/mol. The molecule has 204 valence electrons. The first-order valence-corrected chi connectivity index (χ1v) is 14.4. The highest BCUT2D eigenvalue weighted by atomic mass is 35.5. The van der Waals surface area contributed by atoms with Crippen molar-refractivity contribution in [3.8, 4) is 5.75 Å². The Morgan fingerprint density at radius 1 is 1.11 bits per heavy atom. The molecular formula is C26H35Cl2N3O5S. The van der Waals surface area contributed by atoms with Gasteiger partial charge in [-0.2, -0.15) is 0 Å². The summed E-state index contributed by atoms with van der Waals surface area (Å²) < 4.78 is 32.1. The molecule has 0 heterocycles. The minimum Gasteiger partial charge on any atom is -0.495 e. The molecule has 0 aliphatic heterocycles. The molecule has 2 rings (SSSR count). The lowest BCUT2D eigenvalue weighted by atomic mass is 10.1. The molecule has 37 heavy (non-hydrogen) atoms. The highest BCUT2D eigenvalue weighted by Gasteiger charge is 2.34. The molecule has 0 spiro atoms. The Bertz CT molecular complexity index is 1230. The van der Waals surface area contributed by atoms with Crippen molar-refractivity contribution in [2.75, 3.05) is 24.2 Å². The average molecular weight is 573 g/mol. The number of sulfonamides is 1. The van der Waals surface area contributed by atoms with E-state index in [4.69, 9.17) is 27.9 Å². The number of carbonyl (C=O) groups is 2. The third-order valence-electron chi connectivity index (χ3n) is 5.56. The first-order valence-electron chi connectivity index (χ1n) is 11.8. The molecule has 0 unspecified atom stereocenters. The smallest absolute Gasteiger partial charge is 0.244 e. The van der Waals surface area contributed by atoms with Gasteiger partial charge in [0.2, 0.25) is 21.8 Å². The summed E-state index contributed by atoms with van der Waals surface area (Å²) >= 11 is 12.8. The Kier molecular flexibility index (Phi) is 10.3. The standard InChI is InChI=1S/C26H35Cl2N3O5S/c1-8-21(25(33)29-26(3,4)5)30(15-18-19(27)10-9-11-20(18)28)24(32)16-31(37(7,34)35)22-14-17(2)12-13-23(22)36-6/h9-14,21H,8,15-16H2,1-7H3,(H,29,33)/t21-/m0/s1. The van der Waals surface area contributed by atoms with E-state index in [9.17, 15) is 18.0 Å². The van der Waals surface area contributed by atoms with Gasteiger partial charge in [0.25, 0.3) is 0 Å². The SMILES string of the molecule is CC[C@@H](C(=O)NC(C)(C)C)N(Cc1c(Cl)cccc1Cl)C(=O)CN(c1cc(C)ccc1OC)S(C)(=O)=O. The number of aryl methyl sites for hydroxylation is 1. The summed E-state index contributed by atoms with van der Waals surface area (Å²) in [6.07, 6.45) is 1.29. The van der Waals surface area contributed by atoms with E-state index in [1.165, 1.54) is 12.0 Å². The predicted octanol–water partition coefficient (Wildman–Crippen LogP) is 4.80. The van der Waals surface area contributed by atoms with Crippen molar-refractivity contribution in [3.63, 3.8) is 0 Å². The van der Waals surface area contributed by atoms with E-state index in [2.05, 4.69) is 5.32 Å². The van der Waals surface area contributed by atoms with Gasteiger partial charge in [0, 0.05) is 27.7 Å². The topological polar surface area (TPSA) is 96.0 Å². The number of nitrogens with zero attached hydrogens (tertiary/aromatic N) is 2. The molecule has 0 aliphatic rings. The van der Waals surface area contributed by atoms with E-state index in [1.54, 1.807) is 50.2 Å². The molecular weight excluding hydrogens is 537 g/mol. The number of methoxy groups -OCH3 is 1. The molecule has 1 atom stereocenters. The van der Waals surface area contributed by atoms with Crippen molar-refractivity contribution < 1.29 is 22.7 Å². The summed E-state index contributed by atoms with van der Waals surface area (Å²) in [7, 11) is -2.49. The molecule has 0 aliphatic carbocycles. The van der Waals surface area contributed by atoms with E-state index < -0.39 is 34.1 Å². The van der Waals surface area contributed by atoms with E-state index in [0.29, 0.717) is 21.4 Å². The van der Waals surface area contributed by atoms with Crippen molar-refractivity contribution in [1.29, 1.82) is 0 Å². The van der Waals surface area contributed by atoms with Crippen LogP contribution in [-0.2, 0) is 26.2 Å². The van der Waals surface area contributed by atoms with Crippen LogP contribution < -0.4 is 14.4 Å². The number of rotatable bonds is 10. The minimum atomic E-state index is -3.91. The van der Waals surface area contributed by atoms with Gasteiger partial charge in [-0.05, 0) is 63.9 Å². The maximum atomic E-state index is 13.9. The van der Waals surface area contributed by atoms with Crippen molar-refractivity contribution in [2.24, 2.45) is 0 Å². The molecule has 0 bridgehead atoms. The van der Waals surface area contributed by atoms with Crippen molar-refractivity contribution in [2.45, 2.75) is 59.2 Å². The number of anilines is 1. The molecule has 1 N–H and O–H groups in total. The van der Waals surface area contributed by atoms with Gasteiger partial charge >= 0.3 is 0 Å². The van der Waals surface area contributed by atoms with Gasteiger partial charge in [-0.25, -0.2) is 8.42 Å². The number of benzene rings is 2. The van der Waals surface area contributed by atoms with E-state index in [1.807, 2.05) is 20.8 Å². The van der Waals surface area contributed by atoms with Crippen LogP contribution >= 0.6 is 23.2 Å². The lowest BCUT2D eigenvalue weighted by Gasteiger charge is -2.35. The molecule has 8 nitrogen and oxygen atoms in total. The molecule has 2 aromatic rings. The highest BCUT2D eigenvalue weighted by molar-refractivity contribution is 7.92. The molecule has 2 amide bonds. The number of ether oxygens (including phenoxy) is 1. The Hall–Kier alpha value is -2.49. The van der Waals surface area contributed by atoms with Crippen LogP contribution in [0, 0.1) is 6.92 Å². The van der Waals surface area contributed by atoms with Crippen molar-refractivity contribution in [1.82, 2.24) is 10.2 Å². The van der Waals surface area contributed by atoms with E-state index >= 15 is 0 Å². The van der Waals surface area contributed by atoms with Crippen LogP contribution in [-0.4, -0.2) is 56.6 Å². The van der Waals surface area contributed by atoms with Crippen LogP contribution in [0.5, 0.6) is 5.75 Å². The van der Waals surface area contributed by atoms with Crippen molar-refractivity contribution in [3.05, 3.63) is 57.6 Å². The molecule has 0 saturated heterocycles. The predicted molar refractivity (Wildman–Crippen MR) is 149 cm³/mol. The third-order valence-corrected chi connectivity index (χ3v) is 7.39. The van der Waals surface area contributed by atoms with Gasteiger partial charge in [-0.15, -0.1) is 0 Å². The number of amides is 2. The fourth-order valence-electron chi connectivity index (χ4n) is 3.82. The lowest BCUT2D eigenvalue weighted by molar-refractivity contribution is -0.141. The maximum Gasteiger partial charge on any atom is 0.244 e. The number of carbonyl (C=O) groups excluding carboxylic acids is 2. The van der Waals surface area contributed by atoms with Gasteiger partial charge in [-0.1, -0.05) is 42.3 Å². The Labute approximate surface area is 229 Å². The molecule has 2 aromatic carbocycles. The first-order chi connectivity index (χ1) is 17.1. The van der Waals surface area contributed by atoms with Crippen LogP contribution in [0.2, 0.25) is 10.0 Å². The Morgan fingerprint density at radius 3 is 2.19 bits per heavy atom. The van der Waals surface area contributed by atoms with Gasteiger partial charge in [-0.3, -0.25) is 13.9 Å². The second-order valence-electron chi connectivity index (χ2n) is 9.83. The van der Waals surface area contributed by atoms with Crippen LogP contribution in [0.1, 0.15) is 45.2 Å². The summed E-state index contributed by atoms with van der Waals surface area (Å²) in [5.41, 5.74) is 0.920. The van der Waals surface area contributed by atoms with Crippen molar-refractivity contribution >= 4 is 50.7 Å². The Morgan fingerprint density at radius 2 is 1.70 bits per heavy atom. The van der Waals surface area contributed by atoms with Gasteiger partial charge in [0.1, 0.15) is 18.3 Å². The molecule has 0 radical (unpaired) electrons. The second kappa shape index (κ2) is 12.4. The number of nitrogens with one attached hydrogen (secondary N) is 1. The van der Waals surface area contributed by atoms with Crippen LogP contribution in [0.25, 0.3) is 0 Å². The molecule has 0 fully saturated rings. The van der Waals surface area contributed by atoms with Gasteiger partial charge < -0.3 is 15.0 Å². The van der Waals surface area contributed by atoms with Gasteiger partial charge in [0.05, 0.1) is 19.1 Å². The van der Waals surface area contributed by atoms with Crippen LogP contribution in [0.4, 0.5) is 5.69 Å². The molecule has 0 saturated carbocycles. The summed E-state index contributed by atoms with van der Waals surface area (Å²) in [5, 5.41) is 3.57. The van der Waals surface area contributed by atoms with E-state index in [-0.39, 0.29) is 24.6 Å². The van der Waals surface area contributed by atoms with Crippen LogP contribution in [0.15, 0.2) is 36.4 Å². The van der Waals surface area contributed by atoms with E-state index in [0.717, 1.165) is 16.1 Å². The summed E-state index contributed by atoms with van der Waals surface area (Å²) in [5.74, 6) is -0.673. The number of hydrogen-bond donors (Lipinski definition) is 1. The summed E-state index contributed by atoms with van der Waals surface area (Å²) in [6.45, 7) is 8.45. The largest absolute Gasteiger partial charge is 0.495 e. The van der Waals surface area contributed by atoms with Crippen LogP contribution in [0.3, 0.4) is 0 Å². The zero-order valence-electron chi connectivity index (χ0n) is 22.3. The second-order valence-corrected chi connectivity index (χ2v) is 12.6. The number of halogens is 2. The first kappa shape index (κ1) is 30.7. The van der Waals surface area contributed by atoms with Gasteiger partial charge in [0.15, 0.2) is 0 Å². The number of hydrogen-bond acceptors (Lipinski definition) is 5. The molecule has 11 heteroatoms. The fraction of sp³-hybridized carbons (Fsp3) is 0.462. The summed E-state index contributed by atoms with van der Waals surface area (Å²) in [4.78, 5) is 28.5. The quantitative estimate of drug-likeness (QED) is 0.442. The normalized spacial score (nSPS) is 12.6. The lowest BCUT2D eigenvalue weighted by Crippen LogP contribution is -2.55.